The van der Waals surface area contributed by atoms with Gasteiger partial charge in [-0.1, -0.05) is 9.94 Å². The fourth-order valence-electron chi connectivity index (χ4n) is 0.954. The van der Waals surface area contributed by atoms with Crippen molar-refractivity contribution in [3.63, 3.8) is 0 Å². The second kappa shape index (κ2) is 1.18. The van der Waals surface area contributed by atoms with Gasteiger partial charge in [-0.25, -0.2) is 0 Å². The van der Waals surface area contributed by atoms with Crippen LogP contribution in [-0.2, 0) is 4.57 Å². The molecule has 1 atom stereocenters. The maximum atomic E-state index is 11.1. The number of phosphoric acid groups is 1. The van der Waals surface area contributed by atoms with E-state index in [1.807, 2.05) is 0 Å². The van der Waals surface area contributed by atoms with Crippen molar-refractivity contribution in [3.05, 3.63) is 0 Å². The van der Waals surface area contributed by atoms with E-state index in [0.29, 0.717) is 4.85 Å². The predicted octanol–water partition coefficient (Wildman–Crippen LogP) is 0.392. The Morgan fingerprint density at radius 2 is 2.27 bits per heavy atom. The predicted molar refractivity (Wildman–Crippen MR) is 28.9 cm³/mol. The normalized spacial score (nSPS) is 29.5. The Hall–Kier alpha value is -1.36. The zero-order valence-electron chi connectivity index (χ0n) is 4.92. The standard InChI is InChI=1S/C3HN2O5P/c6-5-3-1-2(4-5)9-11(7,8-1)10-3/h6H. The summed E-state index contributed by atoms with van der Waals surface area (Å²) >= 11 is 0. The van der Waals surface area contributed by atoms with Crippen LogP contribution in [0.15, 0.2) is 0 Å². The maximum absolute atomic E-state index is 11.1. The second-order valence-electron chi connectivity index (χ2n) is 2.05. The molecule has 0 aliphatic carbocycles. The fraction of sp³-hybridized carbons (Fsp3) is 0. The molecule has 0 fully saturated rings. The van der Waals surface area contributed by atoms with Gasteiger partial charge in [0.25, 0.3) is 11.6 Å². The molecule has 0 saturated carbocycles. The molecule has 1 aromatic rings. The Labute approximate surface area is 59.7 Å². The Bertz CT molecular complexity index is 391. The van der Waals surface area contributed by atoms with Crippen LogP contribution < -0.4 is 13.6 Å². The highest BCUT2D eigenvalue weighted by atomic mass is 31.2. The monoisotopic (exact) mass is 176 g/mol. The third-order valence-electron chi connectivity index (χ3n) is 1.36. The number of aromatic nitrogens is 2. The summed E-state index contributed by atoms with van der Waals surface area (Å²) in [6.07, 6.45) is 0. The van der Waals surface area contributed by atoms with Crippen molar-refractivity contribution < 1.29 is 23.3 Å². The van der Waals surface area contributed by atoms with Gasteiger partial charge in [0, 0.05) is 0 Å². The highest BCUT2D eigenvalue weighted by molar-refractivity contribution is 7.50. The van der Waals surface area contributed by atoms with Gasteiger partial charge in [-0.3, -0.25) is 0 Å². The first-order chi connectivity index (χ1) is 5.18. The van der Waals surface area contributed by atoms with Gasteiger partial charge in [-0.15, -0.1) is 0 Å². The van der Waals surface area contributed by atoms with Crippen molar-refractivity contribution in [2.45, 2.75) is 0 Å². The van der Waals surface area contributed by atoms with Crippen LogP contribution in [0, 0.1) is 0 Å². The highest BCUT2D eigenvalue weighted by Crippen LogP contribution is 2.68. The number of fused-ring (bicyclic) bond motifs is 1. The zero-order chi connectivity index (χ0) is 7.64. The minimum atomic E-state index is -3.47. The van der Waals surface area contributed by atoms with Gasteiger partial charge >= 0.3 is 13.7 Å². The minimum absolute atomic E-state index is 0.0112. The smallest absolute Gasteiger partial charge is 0.409 e. The van der Waals surface area contributed by atoms with Crippen LogP contribution in [0.2, 0.25) is 0 Å². The molecule has 0 amide bonds. The van der Waals surface area contributed by atoms with Crippen molar-refractivity contribution in [2.24, 2.45) is 0 Å². The molecule has 2 aliphatic rings. The van der Waals surface area contributed by atoms with Crippen LogP contribution in [-0.4, -0.2) is 15.2 Å². The summed E-state index contributed by atoms with van der Waals surface area (Å²) in [6.45, 7) is 0. The van der Waals surface area contributed by atoms with Gasteiger partial charge < -0.3 is 18.8 Å². The van der Waals surface area contributed by atoms with E-state index in [-0.39, 0.29) is 17.5 Å². The zero-order valence-corrected chi connectivity index (χ0v) is 5.82. The van der Waals surface area contributed by atoms with E-state index in [9.17, 15) is 4.57 Å². The van der Waals surface area contributed by atoms with E-state index >= 15 is 0 Å². The Kier molecular flexibility index (Phi) is 0.572. The van der Waals surface area contributed by atoms with Crippen LogP contribution in [0.3, 0.4) is 0 Å². The molecule has 8 heteroatoms. The molecular formula is C3HN2O5P. The number of hydrogen-bond acceptors (Lipinski definition) is 6. The van der Waals surface area contributed by atoms with Crippen molar-refractivity contribution >= 4 is 7.82 Å². The van der Waals surface area contributed by atoms with E-state index in [0.717, 1.165) is 0 Å². The topological polar surface area (TPSA) is 82.8 Å². The van der Waals surface area contributed by atoms with Gasteiger partial charge in [-0.05, 0) is 0 Å². The van der Waals surface area contributed by atoms with Crippen LogP contribution in [0.25, 0.3) is 0 Å². The first-order valence-electron chi connectivity index (χ1n) is 2.69. The molecule has 0 spiro atoms. The molecule has 11 heavy (non-hydrogen) atoms. The van der Waals surface area contributed by atoms with Gasteiger partial charge in [0.15, 0.2) is 0 Å². The van der Waals surface area contributed by atoms with Gasteiger partial charge in [0.1, 0.15) is 0 Å². The first kappa shape index (κ1) is 5.31. The molecule has 2 aliphatic heterocycles. The molecule has 0 saturated heterocycles. The lowest BCUT2D eigenvalue weighted by atomic mass is 10.6. The highest BCUT2D eigenvalue weighted by Gasteiger charge is 2.54. The third-order valence-corrected chi connectivity index (χ3v) is 2.55. The fourth-order valence-corrected chi connectivity index (χ4v) is 2.15. The van der Waals surface area contributed by atoms with Crippen LogP contribution in [0.1, 0.15) is 0 Å². The summed E-state index contributed by atoms with van der Waals surface area (Å²) in [7, 11) is -3.47. The molecule has 1 unspecified atom stereocenters. The van der Waals surface area contributed by atoms with E-state index in [4.69, 9.17) is 5.21 Å². The van der Waals surface area contributed by atoms with Crippen LogP contribution in [0.4, 0.5) is 0 Å². The number of nitrogens with zero attached hydrogens (tertiary/aromatic N) is 2. The van der Waals surface area contributed by atoms with Crippen LogP contribution >= 0.6 is 7.82 Å². The van der Waals surface area contributed by atoms with E-state index in [1.54, 1.807) is 0 Å². The number of phosphoric ester groups is 1. The Balaban J connectivity index is 2.42. The number of rotatable bonds is 0. The SMILES string of the molecule is O=P12Oc3nn(O)c(c3O1)O2. The Morgan fingerprint density at radius 3 is 2.82 bits per heavy atom. The summed E-state index contributed by atoms with van der Waals surface area (Å²) in [4.78, 5) is 0.428. The molecule has 3 heterocycles. The molecule has 0 radical (unpaired) electrons. The third kappa shape index (κ3) is 0.434. The molecule has 1 aromatic heterocycles. The second-order valence-corrected chi connectivity index (χ2v) is 3.49. The molecule has 2 bridgehead atoms. The summed E-state index contributed by atoms with van der Waals surface area (Å²) in [5.41, 5.74) is 0. The van der Waals surface area contributed by atoms with Crippen molar-refractivity contribution in [1.82, 2.24) is 9.94 Å². The summed E-state index contributed by atoms with van der Waals surface area (Å²) in [6, 6.07) is 0. The summed E-state index contributed by atoms with van der Waals surface area (Å²) in [5.74, 6) is 0.0579. The summed E-state index contributed by atoms with van der Waals surface area (Å²) < 4.78 is 25.0. The van der Waals surface area contributed by atoms with E-state index < -0.39 is 7.82 Å². The van der Waals surface area contributed by atoms with E-state index in [1.165, 1.54) is 0 Å². The quantitative estimate of drug-likeness (QED) is 0.454. The average Bonchev–Trinajstić information content (AvgIpc) is 2.41. The van der Waals surface area contributed by atoms with Crippen molar-refractivity contribution in [1.29, 1.82) is 0 Å². The van der Waals surface area contributed by atoms with Crippen LogP contribution in [0.5, 0.6) is 17.5 Å². The largest absolute Gasteiger partial charge is 0.650 e. The Morgan fingerprint density at radius 1 is 1.45 bits per heavy atom. The van der Waals surface area contributed by atoms with Gasteiger partial charge in [0.2, 0.25) is 0 Å². The molecule has 7 nitrogen and oxygen atoms in total. The minimum Gasteiger partial charge on any atom is -0.409 e. The molecule has 3 rings (SSSR count). The molecular weight excluding hydrogens is 175 g/mol. The lowest BCUT2D eigenvalue weighted by Gasteiger charge is -2.00. The first-order valence-corrected chi connectivity index (χ1v) is 4.15. The maximum Gasteiger partial charge on any atom is 0.650 e. The lowest BCUT2D eigenvalue weighted by Crippen LogP contribution is -1.96. The molecule has 0 aromatic carbocycles. The van der Waals surface area contributed by atoms with Gasteiger partial charge in [-0.2, -0.15) is 4.57 Å². The van der Waals surface area contributed by atoms with E-state index in [2.05, 4.69) is 18.7 Å². The van der Waals surface area contributed by atoms with Crippen molar-refractivity contribution in [2.75, 3.05) is 0 Å². The average molecular weight is 176 g/mol. The molecule has 1 N–H and O–H groups in total. The molecule has 58 valence electrons. The number of hydrogen-bond donors (Lipinski definition) is 1. The summed E-state index contributed by atoms with van der Waals surface area (Å²) in [5, 5.41) is 12.3. The van der Waals surface area contributed by atoms with Gasteiger partial charge in [0.05, 0.1) is 0 Å². The van der Waals surface area contributed by atoms with Crippen molar-refractivity contribution in [3.8, 4) is 17.5 Å². The lowest BCUT2D eigenvalue weighted by molar-refractivity contribution is 0.133.